The molecule has 0 fully saturated rings. The van der Waals surface area contributed by atoms with E-state index >= 15 is 0 Å². The van der Waals surface area contributed by atoms with Crippen molar-refractivity contribution in [1.29, 1.82) is 0 Å². The zero-order chi connectivity index (χ0) is 14.6. The van der Waals surface area contributed by atoms with Crippen LogP contribution in [0.25, 0.3) is 0 Å². The average molecular weight is 291 g/mol. The first kappa shape index (κ1) is 15.6. The van der Waals surface area contributed by atoms with Gasteiger partial charge in [0.1, 0.15) is 0 Å². The number of Topliss-reactive ketones (excluding diaryl/α,β-unsaturated/α-hetero) is 1. The molecule has 0 unspecified atom stereocenters. The number of rotatable bonds is 4. The van der Waals surface area contributed by atoms with Gasteiger partial charge in [-0.3, -0.25) is 9.59 Å². The molecular formula is C12H12F3NO2S. The Morgan fingerprint density at radius 2 is 1.74 bits per heavy atom. The molecule has 7 heteroatoms. The molecule has 1 aromatic rings. The van der Waals surface area contributed by atoms with Crippen LogP contribution in [-0.2, 0) is 4.79 Å². The van der Waals surface area contributed by atoms with Gasteiger partial charge in [0, 0.05) is 10.5 Å². The Balaban J connectivity index is 2.74. The number of hydrogen-bond donors (Lipinski definition) is 1. The number of alkyl halides is 3. The van der Waals surface area contributed by atoms with Crippen LogP contribution in [-0.4, -0.2) is 30.2 Å². The molecule has 1 amide bonds. The van der Waals surface area contributed by atoms with Gasteiger partial charge in [0.2, 0.25) is 0 Å². The van der Waals surface area contributed by atoms with Crippen molar-refractivity contribution < 1.29 is 22.8 Å². The lowest BCUT2D eigenvalue weighted by molar-refractivity contribution is -0.173. The average Bonchev–Trinajstić information content (AvgIpc) is 2.36. The molecule has 1 aromatic carbocycles. The number of thioether (sulfide) groups is 1. The van der Waals surface area contributed by atoms with Crippen molar-refractivity contribution in [2.75, 3.05) is 6.26 Å². The number of amides is 1. The predicted octanol–water partition coefficient (Wildman–Crippen LogP) is 2.66. The molecule has 1 atom stereocenters. The Bertz CT molecular complexity index is 471. The third-order valence-corrected chi connectivity index (χ3v) is 3.12. The van der Waals surface area contributed by atoms with Crippen molar-refractivity contribution in [3.8, 4) is 0 Å². The van der Waals surface area contributed by atoms with E-state index in [1.807, 2.05) is 6.26 Å². The molecule has 1 rings (SSSR count). The van der Waals surface area contributed by atoms with Gasteiger partial charge in [0.15, 0.2) is 5.78 Å². The van der Waals surface area contributed by atoms with Gasteiger partial charge in [-0.15, -0.1) is 11.8 Å². The minimum absolute atomic E-state index is 0.257. The molecule has 1 N–H and O–H groups in total. The van der Waals surface area contributed by atoms with Crippen LogP contribution < -0.4 is 5.32 Å². The Kier molecular flexibility index (Phi) is 4.99. The normalized spacial score (nSPS) is 12.9. The highest BCUT2D eigenvalue weighted by Crippen LogP contribution is 2.17. The fourth-order valence-corrected chi connectivity index (χ4v) is 1.76. The number of hydrogen-bond acceptors (Lipinski definition) is 3. The molecule has 0 aliphatic carbocycles. The summed E-state index contributed by atoms with van der Waals surface area (Å²) >= 11 is 1.48. The van der Waals surface area contributed by atoms with Crippen molar-refractivity contribution in [2.45, 2.75) is 24.0 Å². The summed E-state index contributed by atoms with van der Waals surface area (Å²) in [5.74, 6) is -2.68. The van der Waals surface area contributed by atoms with Crippen molar-refractivity contribution in [2.24, 2.45) is 0 Å². The van der Waals surface area contributed by atoms with Gasteiger partial charge in [0.05, 0.1) is 6.04 Å². The smallest absolute Gasteiger partial charge is 0.338 e. The van der Waals surface area contributed by atoms with Gasteiger partial charge in [-0.1, -0.05) is 12.1 Å². The highest BCUT2D eigenvalue weighted by atomic mass is 32.2. The molecule has 19 heavy (non-hydrogen) atoms. The van der Waals surface area contributed by atoms with Gasteiger partial charge in [-0.2, -0.15) is 13.2 Å². The van der Waals surface area contributed by atoms with Crippen molar-refractivity contribution in [3.63, 3.8) is 0 Å². The lowest BCUT2D eigenvalue weighted by atomic mass is 10.1. The minimum atomic E-state index is -4.99. The molecule has 104 valence electrons. The van der Waals surface area contributed by atoms with Crippen molar-refractivity contribution in [3.05, 3.63) is 29.8 Å². The quantitative estimate of drug-likeness (QED) is 0.685. The Labute approximate surface area is 112 Å². The van der Waals surface area contributed by atoms with Crippen LogP contribution >= 0.6 is 11.8 Å². The molecule has 0 saturated carbocycles. The van der Waals surface area contributed by atoms with E-state index in [0.717, 1.165) is 4.90 Å². The summed E-state index contributed by atoms with van der Waals surface area (Å²) in [5, 5.41) is 1.63. The molecule has 0 saturated heterocycles. The first-order chi connectivity index (χ1) is 8.75. The number of ketones is 1. The summed E-state index contributed by atoms with van der Waals surface area (Å²) in [6.07, 6.45) is -3.12. The van der Waals surface area contributed by atoms with Gasteiger partial charge >= 0.3 is 12.1 Å². The highest BCUT2D eigenvalue weighted by Gasteiger charge is 2.40. The SMILES string of the molecule is CSc1ccc(C(=O)[C@H](C)NC(=O)C(F)(F)F)cc1. The number of carbonyl (C=O) groups excluding carboxylic acids is 2. The molecule has 0 heterocycles. The van der Waals surface area contributed by atoms with Crippen LogP contribution in [0.15, 0.2) is 29.2 Å². The molecule has 0 aromatic heterocycles. The van der Waals surface area contributed by atoms with E-state index in [-0.39, 0.29) is 5.56 Å². The Morgan fingerprint density at radius 3 is 2.16 bits per heavy atom. The molecule has 3 nitrogen and oxygen atoms in total. The van der Waals surface area contributed by atoms with E-state index in [1.54, 1.807) is 17.4 Å². The van der Waals surface area contributed by atoms with Crippen LogP contribution in [0.1, 0.15) is 17.3 Å². The fourth-order valence-electron chi connectivity index (χ4n) is 1.35. The van der Waals surface area contributed by atoms with Crippen LogP contribution in [0.2, 0.25) is 0 Å². The standard InChI is InChI=1S/C12H12F3NO2S/c1-7(16-11(18)12(13,14)15)10(17)8-3-5-9(19-2)6-4-8/h3-7H,1-2H3,(H,16,18)/t7-/m0/s1. The van der Waals surface area contributed by atoms with Gasteiger partial charge in [-0.05, 0) is 25.3 Å². The van der Waals surface area contributed by atoms with E-state index in [2.05, 4.69) is 0 Å². The molecular weight excluding hydrogens is 279 g/mol. The minimum Gasteiger partial charge on any atom is -0.338 e. The second-order valence-corrected chi connectivity index (χ2v) is 4.67. The van der Waals surface area contributed by atoms with E-state index in [0.29, 0.717) is 0 Å². The maximum absolute atomic E-state index is 12.0. The summed E-state index contributed by atoms with van der Waals surface area (Å²) in [6, 6.07) is 5.19. The topological polar surface area (TPSA) is 46.2 Å². The third kappa shape index (κ3) is 4.27. The molecule has 0 bridgehead atoms. The Hall–Kier alpha value is -1.50. The lowest BCUT2D eigenvalue weighted by Gasteiger charge is -2.14. The summed E-state index contributed by atoms with van der Waals surface area (Å²) in [6.45, 7) is 1.22. The third-order valence-electron chi connectivity index (χ3n) is 2.37. The predicted molar refractivity (Wildman–Crippen MR) is 66.2 cm³/mol. The summed E-state index contributed by atoms with van der Waals surface area (Å²) < 4.78 is 36.1. The second kappa shape index (κ2) is 6.10. The largest absolute Gasteiger partial charge is 0.471 e. The molecule has 0 aliphatic rings. The van der Waals surface area contributed by atoms with Crippen LogP contribution in [0.5, 0.6) is 0 Å². The number of benzene rings is 1. The zero-order valence-electron chi connectivity index (χ0n) is 10.2. The highest BCUT2D eigenvalue weighted by molar-refractivity contribution is 7.98. The van der Waals surface area contributed by atoms with E-state index in [4.69, 9.17) is 0 Å². The number of halogens is 3. The zero-order valence-corrected chi connectivity index (χ0v) is 11.1. The maximum atomic E-state index is 12.0. The summed E-state index contributed by atoms with van der Waals surface area (Å²) in [7, 11) is 0. The Morgan fingerprint density at radius 1 is 1.21 bits per heavy atom. The molecule has 0 spiro atoms. The summed E-state index contributed by atoms with van der Waals surface area (Å²) in [4.78, 5) is 23.5. The van der Waals surface area contributed by atoms with Crippen LogP contribution in [0.4, 0.5) is 13.2 Å². The van der Waals surface area contributed by atoms with E-state index < -0.39 is 23.9 Å². The molecule has 0 aliphatic heterocycles. The fraction of sp³-hybridized carbons (Fsp3) is 0.333. The number of carbonyl (C=O) groups is 2. The van der Waals surface area contributed by atoms with Gasteiger partial charge in [-0.25, -0.2) is 0 Å². The maximum Gasteiger partial charge on any atom is 0.471 e. The van der Waals surface area contributed by atoms with Crippen molar-refractivity contribution >= 4 is 23.5 Å². The van der Waals surface area contributed by atoms with Gasteiger partial charge in [0.25, 0.3) is 0 Å². The lowest BCUT2D eigenvalue weighted by Crippen LogP contribution is -2.45. The number of nitrogens with one attached hydrogen (secondary N) is 1. The van der Waals surface area contributed by atoms with Crippen LogP contribution in [0.3, 0.4) is 0 Å². The van der Waals surface area contributed by atoms with E-state index in [1.165, 1.54) is 30.8 Å². The monoisotopic (exact) mass is 291 g/mol. The van der Waals surface area contributed by atoms with E-state index in [9.17, 15) is 22.8 Å². The summed E-state index contributed by atoms with van der Waals surface area (Å²) in [5.41, 5.74) is 0.257. The first-order valence-electron chi connectivity index (χ1n) is 5.31. The second-order valence-electron chi connectivity index (χ2n) is 3.79. The van der Waals surface area contributed by atoms with Crippen molar-refractivity contribution in [1.82, 2.24) is 5.32 Å². The molecule has 0 radical (unpaired) electrons. The van der Waals surface area contributed by atoms with Gasteiger partial charge < -0.3 is 5.32 Å². The first-order valence-corrected chi connectivity index (χ1v) is 6.54. The van der Waals surface area contributed by atoms with Crippen LogP contribution in [0, 0.1) is 0 Å².